The number of aromatic nitrogens is 3. The van der Waals surface area contributed by atoms with Gasteiger partial charge < -0.3 is 5.32 Å². The van der Waals surface area contributed by atoms with Crippen molar-refractivity contribution in [1.82, 2.24) is 20.5 Å². The first-order chi connectivity index (χ1) is 11.7. The second-order valence-electron chi connectivity index (χ2n) is 5.02. The number of hydrogen-bond donors (Lipinski definition) is 1. The maximum absolute atomic E-state index is 12.0. The third kappa shape index (κ3) is 4.39. The van der Waals surface area contributed by atoms with Crippen LogP contribution in [0.5, 0.6) is 0 Å². The summed E-state index contributed by atoms with van der Waals surface area (Å²) in [6.07, 6.45) is 1.61. The third-order valence-electron chi connectivity index (χ3n) is 3.26. The van der Waals surface area contributed by atoms with Crippen molar-refractivity contribution in [2.24, 2.45) is 0 Å². The summed E-state index contributed by atoms with van der Waals surface area (Å²) in [5, 5.41) is 12.4. The largest absolute Gasteiger partial charge is 0.350 e. The lowest BCUT2D eigenvalue weighted by molar-refractivity contribution is -0.118. The number of thiazole rings is 1. The molecule has 0 radical (unpaired) electrons. The normalized spacial score (nSPS) is 10.5. The first-order valence-electron chi connectivity index (χ1n) is 7.41. The van der Waals surface area contributed by atoms with Crippen LogP contribution in [0.1, 0.15) is 10.6 Å². The molecule has 1 amide bonds. The number of carbonyl (C=O) groups is 1. The van der Waals surface area contributed by atoms with Crippen LogP contribution in [0.25, 0.3) is 10.6 Å². The van der Waals surface area contributed by atoms with E-state index in [0.717, 1.165) is 26.2 Å². The van der Waals surface area contributed by atoms with E-state index in [-0.39, 0.29) is 5.91 Å². The van der Waals surface area contributed by atoms with Gasteiger partial charge in [-0.25, -0.2) is 4.98 Å². The number of aryl methyl sites for hydroxylation is 1. The molecule has 0 fully saturated rings. The van der Waals surface area contributed by atoms with Crippen LogP contribution in [-0.2, 0) is 11.3 Å². The van der Waals surface area contributed by atoms with Crippen LogP contribution in [0.15, 0.2) is 53.7 Å². The standard InChI is InChI=1S/C17H16N4OS2/c1-12-14(24-17(20-12)13-6-3-2-4-7-13)10-18-15(22)11-23-16-8-5-9-19-21-16/h2-9H,10-11H2,1H3,(H,18,22). The topological polar surface area (TPSA) is 67.8 Å². The maximum Gasteiger partial charge on any atom is 0.230 e. The molecular weight excluding hydrogens is 340 g/mol. The van der Waals surface area contributed by atoms with Crippen molar-refractivity contribution >= 4 is 29.0 Å². The zero-order valence-corrected chi connectivity index (χ0v) is 14.7. The molecule has 1 aromatic carbocycles. The molecule has 2 aromatic heterocycles. The van der Waals surface area contributed by atoms with Gasteiger partial charge in [0.15, 0.2) is 0 Å². The van der Waals surface area contributed by atoms with Gasteiger partial charge in [-0.05, 0) is 19.1 Å². The van der Waals surface area contributed by atoms with E-state index in [4.69, 9.17) is 0 Å². The molecule has 0 bridgehead atoms. The molecule has 3 aromatic rings. The van der Waals surface area contributed by atoms with Crippen molar-refractivity contribution in [3.05, 3.63) is 59.2 Å². The van der Waals surface area contributed by atoms with Gasteiger partial charge in [-0.2, -0.15) is 5.10 Å². The minimum absolute atomic E-state index is 0.0280. The van der Waals surface area contributed by atoms with Gasteiger partial charge in [0.1, 0.15) is 10.0 Å². The zero-order chi connectivity index (χ0) is 16.8. The lowest BCUT2D eigenvalue weighted by Gasteiger charge is -2.03. The molecule has 0 spiro atoms. The van der Waals surface area contributed by atoms with Crippen molar-refractivity contribution < 1.29 is 4.79 Å². The molecular formula is C17H16N4OS2. The van der Waals surface area contributed by atoms with Gasteiger partial charge in [0, 0.05) is 16.6 Å². The highest BCUT2D eigenvalue weighted by Gasteiger charge is 2.11. The Morgan fingerprint density at radius 1 is 1.21 bits per heavy atom. The minimum atomic E-state index is -0.0280. The number of thioether (sulfide) groups is 1. The minimum Gasteiger partial charge on any atom is -0.350 e. The second kappa shape index (κ2) is 8.03. The Morgan fingerprint density at radius 3 is 2.79 bits per heavy atom. The molecule has 0 saturated carbocycles. The summed E-state index contributed by atoms with van der Waals surface area (Å²) in [4.78, 5) is 17.7. The van der Waals surface area contributed by atoms with Gasteiger partial charge in [-0.1, -0.05) is 42.1 Å². The van der Waals surface area contributed by atoms with Crippen LogP contribution >= 0.6 is 23.1 Å². The van der Waals surface area contributed by atoms with Crippen molar-refractivity contribution in [3.63, 3.8) is 0 Å². The van der Waals surface area contributed by atoms with Gasteiger partial charge in [-0.3, -0.25) is 4.79 Å². The number of hydrogen-bond acceptors (Lipinski definition) is 6. The highest BCUT2D eigenvalue weighted by atomic mass is 32.2. The molecule has 122 valence electrons. The Balaban J connectivity index is 1.55. The van der Waals surface area contributed by atoms with Gasteiger partial charge in [0.25, 0.3) is 0 Å². The summed E-state index contributed by atoms with van der Waals surface area (Å²) in [6, 6.07) is 13.7. The van der Waals surface area contributed by atoms with Crippen LogP contribution in [0, 0.1) is 6.92 Å². The summed E-state index contributed by atoms with van der Waals surface area (Å²) >= 11 is 2.99. The predicted molar refractivity (Wildman–Crippen MR) is 96.9 cm³/mol. The SMILES string of the molecule is Cc1nc(-c2ccccc2)sc1CNC(=O)CSc1cccnn1. The molecule has 0 saturated heterocycles. The Hall–Kier alpha value is -2.25. The predicted octanol–water partition coefficient (Wildman–Crippen LogP) is 3.32. The van der Waals surface area contributed by atoms with Gasteiger partial charge in [0.2, 0.25) is 5.91 Å². The fourth-order valence-corrected chi connectivity index (χ4v) is 3.70. The van der Waals surface area contributed by atoms with Crippen LogP contribution in [0.2, 0.25) is 0 Å². The summed E-state index contributed by atoms with van der Waals surface area (Å²) < 4.78 is 0. The average molecular weight is 356 g/mol. The molecule has 0 atom stereocenters. The monoisotopic (exact) mass is 356 g/mol. The van der Waals surface area contributed by atoms with Crippen molar-refractivity contribution in [2.45, 2.75) is 18.5 Å². The van der Waals surface area contributed by atoms with Crippen LogP contribution in [0.3, 0.4) is 0 Å². The quantitative estimate of drug-likeness (QED) is 0.686. The van der Waals surface area contributed by atoms with E-state index in [1.165, 1.54) is 11.8 Å². The Kier molecular flexibility index (Phi) is 5.55. The van der Waals surface area contributed by atoms with Gasteiger partial charge in [-0.15, -0.1) is 16.4 Å². The van der Waals surface area contributed by atoms with E-state index in [1.807, 2.05) is 43.3 Å². The van der Waals surface area contributed by atoms with Crippen molar-refractivity contribution in [2.75, 3.05) is 5.75 Å². The van der Waals surface area contributed by atoms with Gasteiger partial charge in [0.05, 0.1) is 18.0 Å². The average Bonchev–Trinajstić information content (AvgIpc) is 3.01. The summed E-state index contributed by atoms with van der Waals surface area (Å²) in [5.74, 6) is 0.293. The smallest absolute Gasteiger partial charge is 0.230 e. The highest BCUT2D eigenvalue weighted by Crippen LogP contribution is 2.27. The first-order valence-corrected chi connectivity index (χ1v) is 9.21. The fraction of sp³-hybridized carbons (Fsp3) is 0.176. The van der Waals surface area contributed by atoms with E-state index < -0.39 is 0 Å². The molecule has 1 N–H and O–H groups in total. The van der Waals surface area contributed by atoms with E-state index in [1.54, 1.807) is 23.6 Å². The first kappa shape index (κ1) is 16.6. The molecule has 0 unspecified atom stereocenters. The number of carbonyl (C=O) groups excluding carboxylic acids is 1. The van der Waals surface area contributed by atoms with Crippen LogP contribution in [-0.4, -0.2) is 26.8 Å². The third-order valence-corrected chi connectivity index (χ3v) is 5.39. The molecule has 2 heterocycles. The molecule has 24 heavy (non-hydrogen) atoms. The molecule has 0 aliphatic carbocycles. The highest BCUT2D eigenvalue weighted by molar-refractivity contribution is 7.99. The molecule has 5 nitrogen and oxygen atoms in total. The fourth-order valence-electron chi connectivity index (χ4n) is 2.03. The molecule has 0 aliphatic rings. The second-order valence-corrected chi connectivity index (χ2v) is 7.10. The van der Waals surface area contributed by atoms with E-state index in [0.29, 0.717) is 12.3 Å². The lowest BCUT2D eigenvalue weighted by atomic mass is 10.2. The van der Waals surface area contributed by atoms with Crippen LogP contribution < -0.4 is 5.32 Å². The van der Waals surface area contributed by atoms with Crippen LogP contribution in [0.4, 0.5) is 0 Å². The van der Waals surface area contributed by atoms with E-state index >= 15 is 0 Å². The van der Waals surface area contributed by atoms with E-state index in [9.17, 15) is 4.79 Å². The zero-order valence-electron chi connectivity index (χ0n) is 13.1. The Bertz CT molecular complexity index is 806. The number of rotatable bonds is 6. The maximum atomic E-state index is 12.0. The van der Waals surface area contributed by atoms with Crippen molar-refractivity contribution in [1.29, 1.82) is 0 Å². The molecule has 0 aliphatic heterocycles. The van der Waals surface area contributed by atoms with E-state index in [2.05, 4.69) is 20.5 Å². The molecule has 7 heteroatoms. The number of amides is 1. The summed E-state index contributed by atoms with van der Waals surface area (Å²) in [7, 11) is 0. The Labute approximate surface area is 148 Å². The van der Waals surface area contributed by atoms with Gasteiger partial charge >= 0.3 is 0 Å². The summed E-state index contributed by atoms with van der Waals surface area (Å²) in [5.41, 5.74) is 2.06. The molecule has 3 rings (SSSR count). The summed E-state index contributed by atoms with van der Waals surface area (Å²) in [6.45, 7) is 2.47. The number of nitrogens with zero attached hydrogens (tertiary/aromatic N) is 3. The number of nitrogens with one attached hydrogen (secondary N) is 1. The van der Waals surface area contributed by atoms with Crippen molar-refractivity contribution in [3.8, 4) is 10.6 Å². The lowest BCUT2D eigenvalue weighted by Crippen LogP contribution is -2.24. The number of benzene rings is 1. The Morgan fingerprint density at radius 2 is 2.04 bits per heavy atom.